The lowest BCUT2D eigenvalue weighted by atomic mass is 9.96. The summed E-state index contributed by atoms with van der Waals surface area (Å²) in [6, 6.07) is 9.72. The highest BCUT2D eigenvalue weighted by Crippen LogP contribution is 2.40. The van der Waals surface area contributed by atoms with Crippen molar-refractivity contribution in [3.63, 3.8) is 0 Å². The Hall–Kier alpha value is -2.72. The van der Waals surface area contributed by atoms with Crippen LogP contribution in [0, 0.1) is 12.8 Å². The lowest BCUT2D eigenvalue weighted by Gasteiger charge is -2.15. The zero-order valence-corrected chi connectivity index (χ0v) is 18.9. The minimum Gasteiger partial charge on any atom is -0.493 e. The zero-order chi connectivity index (χ0) is 21.8. The Morgan fingerprint density at radius 3 is 2.60 bits per heavy atom. The van der Waals surface area contributed by atoms with Crippen LogP contribution >= 0.6 is 11.6 Å². The Morgan fingerprint density at radius 1 is 1.27 bits per heavy atom. The fraction of sp³-hybridized carbons (Fsp3) is 0.320. The highest BCUT2D eigenvalue weighted by atomic mass is 35.5. The largest absolute Gasteiger partial charge is 0.493 e. The average Bonchev–Trinajstić information content (AvgIpc) is 3.13. The molecule has 1 aromatic heterocycles. The molecule has 0 atom stereocenters. The van der Waals surface area contributed by atoms with Crippen molar-refractivity contribution in [2.24, 2.45) is 5.92 Å². The molecule has 158 valence electrons. The van der Waals surface area contributed by atoms with Crippen molar-refractivity contribution in [3.05, 3.63) is 58.8 Å². The quantitative estimate of drug-likeness (QED) is 0.432. The minimum atomic E-state index is -0.105. The second-order valence-corrected chi connectivity index (χ2v) is 8.25. The van der Waals surface area contributed by atoms with Gasteiger partial charge >= 0.3 is 0 Å². The molecule has 4 nitrogen and oxygen atoms in total. The molecule has 0 radical (unpaired) electrons. The molecule has 3 rings (SSSR count). The molecule has 2 aromatic carbocycles. The van der Waals surface area contributed by atoms with Gasteiger partial charge in [0.1, 0.15) is 11.3 Å². The van der Waals surface area contributed by atoms with Crippen LogP contribution in [0.5, 0.6) is 5.75 Å². The first-order chi connectivity index (χ1) is 14.3. The predicted octanol–water partition coefficient (Wildman–Crippen LogP) is 6.64. The fourth-order valence-electron chi connectivity index (χ4n) is 3.42. The van der Waals surface area contributed by atoms with Gasteiger partial charge in [-0.25, -0.2) is 0 Å². The van der Waals surface area contributed by atoms with Crippen molar-refractivity contribution in [1.29, 1.82) is 0 Å². The molecule has 30 heavy (non-hydrogen) atoms. The lowest BCUT2D eigenvalue weighted by Crippen LogP contribution is -2.25. The Balaban J connectivity index is 2.12. The predicted molar refractivity (Wildman–Crippen MR) is 124 cm³/mol. The number of fused-ring (bicyclic) bond motifs is 1. The van der Waals surface area contributed by atoms with Gasteiger partial charge in [-0.3, -0.25) is 4.79 Å². The topological polar surface area (TPSA) is 51.5 Å². The second kappa shape index (κ2) is 9.40. The van der Waals surface area contributed by atoms with E-state index in [1.165, 1.54) is 0 Å². The van der Waals surface area contributed by atoms with Gasteiger partial charge in [0, 0.05) is 39.7 Å². The summed E-state index contributed by atoms with van der Waals surface area (Å²) in [6.45, 7) is 11.2. The van der Waals surface area contributed by atoms with E-state index in [9.17, 15) is 4.79 Å². The summed E-state index contributed by atoms with van der Waals surface area (Å²) in [5, 5.41) is 4.60. The van der Waals surface area contributed by atoms with Gasteiger partial charge in [0.2, 0.25) is 5.91 Å². The molecule has 5 heteroatoms. The van der Waals surface area contributed by atoms with E-state index in [1.54, 1.807) is 12.3 Å². The van der Waals surface area contributed by atoms with Gasteiger partial charge in [-0.05, 0) is 56.0 Å². The van der Waals surface area contributed by atoms with Crippen LogP contribution < -0.4 is 10.1 Å². The normalized spacial score (nSPS) is 11.9. The van der Waals surface area contributed by atoms with Crippen LogP contribution in [-0.2, 0) is 4.79 Å². The number of carbonyl (C=O) groups is 1. The highest BCUT2D eigenvalue weighted by molar-refractivity contribution is 6.30. The summed E-state index contributed by atoms with van der Waals surface area (Å²) in [5.74, 6) is 1.03. The lowest BCUT2D eigenvalue weighted by molar-refractivity contribution is -0.116. The van der Waals surface area contributed by atoms with E-state index in [2.05, 4.69) is 19.2 Å². The number of hydrogen-bond donors (Lipinski definition) is 1. The molecule has 0 fully saturated rings. The number of halogens is 1. The first kappa shape index (κ1) is 22.0. The van der Waals surface area contributed by atoms with E-state index in [-0.39, 0.29) is 5.91 Å². The molecule has 0 aliphatic carbocycles. The van der Waals surface area contributed by atoms with Gasteiger partial charge in [-0.2, -0.15) is 0 Å². The van der Waals surface area contributed by atoms with Crippen molar-refractivity contribution in [2.45, 2.75) is 34.6 Å². The number of rotatable bonds is 7. The molecule has 3 aromatic rings. The molecule has 0 unspecified atom stereocenters. The van der Waals surface area contributed by atoms with Crippen LogP contribution in [0.2, 0.25) is 5.02 Å². The number of amides is 1. The third-order valence-electron chi connectivity index (χ3n) is 4.94. The van der Waals surface area contributed by atoms with Crippen LogP contribution in [0.25, 0.3) is 27.7 Å². The van der Waals surface area contributed by atoms with Crippen LogP contribution in [-0.4, -0.2) is 19.1 Å². The first-order valence-corrected chi connectivity index (χ1v) is 10.6. The molecule has 0 aliphatic rings. The molecule has 1 amide bonds. The maximum atomic E-state index is 12.4. The van der Waals surface area contributed by atoms with E-state index < -0.39 is 0 Å². The van der Waals surface area contributed by atoms with Gasteiger partial charge < -0.3 is 14.5 Å². The van der Waals surface area contributed by atoms with E-state index >= 15 is 0 Å². The maximum Gasteiger partial charge on any atom is 0.244 e. The Morgan fingerprint density at radius 2 is 1.97 bits per heavy atom. The van der Waals surface area contributed by atoms with Gasteiger partial charge in [-0.1, -0.05) is 37.6 Å². The third-order valence-corrected chi connectivity index (χ3v) is 5.20. The fourth-order valence-corrected chi connectivity index (χ4v) is 3.55. The summed E-state index contributed by atoms with van der Waals surface area (Å²) < 4.78 is 11.9. The van der Waals surface area contributed by atoms with Crippen molar-refractivity contribution in [2.75, 3.05) is 13.2 Å². The van der Waals surface area contributed by atoms with Crippen molar-refractivity contribution < 1.29 is 13.9 Å². The van der Waals surface area contributed by atoms with Gasteiger partial charge in [0.05, 0.1) is 12.9 Å². The summed E-state index contributed by atoms with van der Waals surface area (Å²) in [6.07, 6.45) is 3.39. The number of furan rings is 1. The van der Waals surface area contributed by atoms with Crippen LogP contribution in [0.15, 0.2) is 47.1 Å². The van der Waals surface area contributed by atoms with Crippen molar-refractivity contribution in [1.82, 2.24) is 5.32 Å². The number of benzene rings is 2. The zero-order valence-electron chi connectivity index (χ0n) is 18.1. The average molecular weight is 426 g/mol. The Kier molecular flexibility index (Phi) is 6.88. The number of nitrogens with one attached hydrogen (secondary N) is 1. The SMILES string of the molecule is CCOc1c(/C(C)=C/C(=O)NCC(C)C)cc2c(-c3ccc(Cl)cc3)coc2c1C. The van der Waals surface area contributed by atoms with E-state index in [1.807, 2.05) is 51.1 Å². The number of hydrogen-bond acceptors (Lipinski definition) is 3. The van der Waals surface area contributed by atoms with Crippen LogP contribution in [0.4, 0.5) is 0 Å². The smallest absolute Gasteiger partial charge is 0.244 e. The minimum absolute atomic E-state index is 0.105. The first-order valence-electron chi connectivity index (χ1n) is 10.2. The number of aryl methyl sites for hydroxylation is 1. The molecular weight excluding hydrogens is 398 g/mol. The monoisotopic (exact) mass is 425 g/mol. The number of allylic oxidation sites excluding steroid dienone is 1. The van der Waals surface area contributed by atoms with Crippen LogP contribution in [0.1, 0.15) is 38.8 Å². The van der Waals surface area contributed by atoms with E-state index in [0.717, 1.165) is 44.5 Å². The molecule has 0 aliphatic heterocycles. The van der Waals surface area contributed by atoms with E-state index in [4.69, 9.17) is 20.8 Å². The standard InChI is InChI=1S/C25H28ClNO3/c1-6-29-24-17(5)25-21(22(14-30-25)18-7-9-19(26)10-8-18)12-20(24)16(4)11-23(28)27-13-15(2)3/h7-12,14-15H,6,13H2,1-5H3,(H,27,28)/b16-11+. The second-order valence-electron chi connectivity index (χ2n) is 7.81. The van der Waals surface area contributed by atoms with Gasteiger partial charge in [-0.15, -0.1) is 0 Å². The molecule has 0 bridgehead atoms. The molecule has 1 N–H and O–H groups in total. The summed E-state index contributed by atoms with van der Waals surface area (Å²) in [7, 11) is 0. The number of carbonyl (C=O) groups excluding carboxylic acids is 1. The third kappa shape index (κ3) is 4.71. The molecule has 0 saturated heterocycles. The summed E-state index contributed by atoms with van der Waals surface area (Å²) >= 11 is 6.05. The molecule has 1 heterocycles. The van der Waals surface area contributed by atoms with Crippen molar-refractivity contribution in [3.8, 4) is 16.9 Å². The highest BCUT2D eigenvalue weighted by Gasteiger charge is 2.19. The molecular formula is C25H28ClNO3. The molecule has 0 saturated carbocycles. The number of ether oxygens (including phenoxy) is 1. The van der Waals surface area contributed by atoms with Crippen LogP contribution in [0.3, 0.4) is 0 Å². The van der Waals surface area contributed by atoms with Crippen molar-refractivity contribution >= 4 is 34.1 Å². The van der Waals surface area contributed by atoms with Gasteiger partial charge in [0.15, 0.2) is 0 Å². The maximum absolute atomic E-state index is 12.4. The van der Waals surface area contributed by atoms with Gasteiger partial charge in [0.25, 0.3) is 0 Å². The Bertz CT molecular complexity index is 1080. The van der Waals surface area contributed by atoms with E-state index in [0.29, 0.717) is 24.1 Å². The summed E-state index contributed by atoms with van der Waals surface area (Å²) in [5.41, 5.74) is 5.42. The Labute approximate surface area is 182 Å². The summed E-state index contributed by atoms with van der Waals surface area (Å²) in [4.78, 5) is 12.4. The molecule has 0 spiro atoms.